The first kappa shape index (κ1) is 9.58. The highest BCUT2D eigenvalue weighted by Crippen LogP contribution is 2.18. The highest BCUT2D eigenvalue weighted by molar-refractivity contribution is 5.93. The summed E-state index contributed by atoms with van der Waals surface area (Å²) in [6.07, 6.45) is 0. The molecule has 0 radical (unpaired) electrons. The third kappa shape index (κ3) is 2.21. The fourth-order valence-corrected chi connectivity index (χ4v) is 1.06. The van der Waals surface area contributed by atoms with Gasteiger partial charge in [0.1, 0.15) is 5.75 Å². The van der Waals surface area contributed by atoms with E-state index in [4.69, 9.17) is 10.5 Å². The smallest absolute Gasteiger partial charge is 0.248 e. The zero-order chi connectivity index (χ0) is 9.84. The van der Waals surface area contributed by atoms with Gasteiger partial charge in [0.2, 0.25) is 5.91 Å². The van der Waals surface area contributed by atoms with Crippen LogP contribution in [0.1, 0.15) is 22.8 Å². The fraction of sp³-hybridized carbons (Fsp3) is 0.300. The second-order valence-electron chi connectivity index (χ2n) is 2.78. The van der Waals surface area contributed by atoms with Crippen LogP contribution in [0.3, 0.4) is 0 Å². The van der Waals surface area contributed by atoms with Crippen molar-refractivity contribution in [2.24, 2.45) is 5.73 Å². The quantitative estimate of drug-likeness (QED) is 0.764. The number of primary amides is 1. The van der Waals surface area contributed by atoms with Crippen LogP contribution >= 0.6 is 0 Å². The van der Waals surface area contributed by atoms with Gasteiger partial charge < -0.3 is 10.5 Å². The third-order valence-electron chi connectivity index (χ3n) is 1.77. The van der Waals surface area contributed by atoms with E-state index in [9.17, 15) is 4.79 Å². The zero-order valence-electron chi connectivity index (χ0n) is 7.83. The summed E-state index contributed by atoms with van der Waals surface area (Å²) < 4.78 is 5.32. The number of benzene rings is 1. The molecule has 0 saturated carbocycles. The van der Waals surface area contributed by atoms with Gasteiger partial charge in [0, 0.05) is 5.56 Å². The number of amides is 1. The summed E-state index contributed by atoms with van der Waals surface area (Å²) >= 11 is 0. The van der Waals surface area contributed by atoms with Crippen molar-refractivity contribution in [3.05, 3.63) is 29.3 Å². The number of aryl methyl sites for hydroxylation is 1. The molecule has 13 heavy (non-hydrogen) atoms. The van der Waals surface area contributed by atoms with Crippen LogP contribution in [0.25, 0.3) is 0 Å². The van der Waals surface area contributed by atoms with Crippen LogP contribution in [0.5, 0.6) is 5.75 Å². The standard InChI is InChI=1S/C10H13NO2/c1-3-13-9-6-8(10(11)12)5-4-7(9)2/h4-6H,3H2,1-2H3,(H2,11,12). The van der Waals surface area contributed by atoms with Gasteiger partial charge in [0.25, 0.3) is 0 Å². The molecule has 70 valence electrons. The van der Waals surface area contributed by atoms with Crippen molar-refractivity contribution in [3.8, 4) is 5.75 Å². The maximum absolute atomic E-state index is 10.8. The molecule has 1 rings (SSSR count). The number of hydrogen-bond acceptors (Lipinski definition) is 2. The molecular formula is C10H13NO2. The van der Waals surface area contributed by atoms with Crippen molar-refractivity contribution in [2.75, 3.05) is 6.61 Å². The monoisotopic (exact) mass is 179 g/mol. The van der Waals surface area contributed by atoms with E-state index in [1.807, 2.05) is 19.9 Å². The summed E-state index contributed by atoms with van der Waals surface area (Å²) in [4.78, 5) is 10.8. The Kier molecular flexibility index (Phi) is 2.90. The largest absolute Gasteiger partial charge is 0.494 e. The van der Waals surface area contributed by atoms with E-state index in [0.29, 0.717) is 12.2 Å². The summed E-state index contributed by atoms with van der Waals surface area (Å²) in [5.41, 5.74) is 6.62. The van der Waals surface area contributed by atoms with E-state index in [-0.39, 0.29) is 0 Å². The van der Waals surface area contributed by atoms with E-state index in [1.54, 1.807) is 12.1 Å². The summed E-state index contributed by atoms with van der Waals surface area (Å²) in [7, 11) is 0. The van der Waals surface area contributed by atoms with Crippen LogP contribution in [0.15, 0.2) is 18.2 Å². The molecule has 0 aliphatic carbocycles. The van der Waals surface area contributed by atoms with Gasteiger partial charge in [-0.3, -0.25) is 4.79 Å². The highest BCUT2D eigenvalue weighted by Gasteiger charge is 2.04. The Balaban J connectivity index is 3.03. The average Bonchev–Trinajstić information content (AvgIpc) is 2.08. The van der Waals surface area contributed by atoms with E-state index in [1.165, 1.54) is 0 Å². The van der Waals surface area contributed by atoms with E-state index in [0.717, 1.165) is 11.3 Å². The topological polar surface area (TPSA) is 52.3 Å². The molecule has 0 unspecified atom stereocenters. The lowest BCUT2D eigenvalue weighted by molar-refractivity contribution is 0.1000. The molecule has 3 heteroatoms. The summed E-state index contributed by atoms with van der Waals surface area (Å²) in [5.74, 6) is 0.291. The molecule has 0 spiro atoms. The summed E-state index contributed by atoms with van der Waals surface area (Å²) in [5, 5.41) is 0. The first-order chi connectivity index (χ1) is 6.15. The van der Waals surface area contributed by atoms with Crippen LogP contribution in [-0.4, -0.2) is 12.5 Å². The SMILES string of the molecule is CCOc1cc(C(N)=O)ccc1C. The molecule has 0 heterocycles. The maximum atomic E-state index is 10.8. The predicted octanol–water partition coefficient (Wildman–Crippen LogP) is 1.49. The summed E-state index contributed by atoms with van der Waals surface area (Å²) in [6.45, 7) is 4.41. The molecule has 0 saturated heterocycles. The van der Waals surface area contributed by atoms with Crippen LogP contribution in [0.4, 0.5) is 0 Å². The van der Waals surface area contributed by atoms with E-state index >= 15 is 0 Å². The van der Waals surface area contributed by atoms with Gasteiger partial charge in [-0.25, -0.2) is 0 Å². The fourth-order valence-electron chi connectivity index (χ4n) is 1.06. The van der Waals surface area contributed by atoms with Crippen molar-refractivity contribution in [1.82, 2.24) is 0 Å². The second kappa shape index (κ2) is 3.94. The number of rotatable bonds is 3. The molecule has 0 fully saturated rings. The first-order valence-electron chi connectivity index (χ1n) is 4.18. The normalized spacial score (nSPS) is 9.69. The Labute approximate surface area is 77.5 Å². The molecule has 0 bridgehead atoms. The Morgan fingerprint density at radius 1 is 1.54 bits per heavy atom. The minimum Gasteiger partial charge on any atom is -0.494 e. The van der Waals surface area contributed by atoms with Gasteiger partial charge in [-0.15, -0.1) is 0 Å². The number of ether oxygens (including phenoxy) is 1. The Bertz CT molecular complexity index is 321. The lowest BCUT2D eigenvalue weighted by Gasteiger charge is -2.07. The zero-order valence-corrected chi connectivity index (χ0v) is 7.83. The molecule has 2 N–H and O–H groups in total. The summed E-state index contributed by atoms with van der Waals surface area (Å²) in [6, 6.07) is 5.19. The predicted molar refractivity (Wildman–Crippen MR) is 50.9 cm³/mol. The van der Waals surface area contributed by atoms with Crippen molar-refractivity contribution < 1.29 is 9.53 Å². The van der Waals surface area contributed by atoms with Gasteiger partial charge in [-0.1, -0.05) is 6.07 Å². The molecule has 0 aliphatic heterocycles. The van der Waals surface area contributed by atoms with Gasteiger partial charge in [-0.2, -0.15) is 0 Å². The van der Waals surface area contributed by atoms with E-state index < -0.39 is 5.91 Å². The van der Waals surface area contributed by atoms with Gasteiger partial charge in [0.15, 0.2) is 0 Å². The third-order valence-corrected chi connectivity index (χ3v) is 1.77. The van der Waals surface area contributed by atoms with Gasteiger partial charge >= 0.3 is 0 Å². The lowest BCUT2D eigenvalue weighted by Crippen LogP contribution is -2.11. The highest BCUT2D eigenvalue weighted by atomic mass is 16.5. The van der Waals surface area contributed by atoms with Crippen molar-refractivity contribution in [1.29, 1.82) is 0 Å². The molecule has 1 aromatic carbocycles. The van der Waals surface area contributed by atoms with Crippen LogP contribution in [-0.2, 0) is 0 Å². The lowest BCUT2D eigenvalue weighted by atomic mass is 10.1. The van der Waals surface area contributed by atoms with Crippen LogP contribution < -0.4 is 10.5 Å². The van der Waals surface area contributed by atoms with Crippen LogP contribution in [0, 0.1) is 6.92 Å². The Hall–Kier alpha value is -1.51. The number of hydrogen-bond donors (Lipinski definition) is 1. The Morgan fingerprint density at radius 3 is 2.77 bits per heavy atom. The molecule has 0 aliphatic rings. The van der Waals surface area contributed by atoms with Crippen molar-refractivity contribution in [2.45, 2.75) is 13.8 Å². The number of nitrogens with two attached hydrogens (primary N) is 1. The second-order valence-corrected chi connectivity index (χ2v) is 2.78. The minimum absolute atomic E-state index is 0.430. The molecule has 0 aromatic heterocycles. The maximum Gasteiger partial charge on any atom is 0.248 e. The van der Waals surface area contributed by atoms with E-state index in [2.05, 4.69) is 0 Å². The van der Waals surface area contributed by atoms with Crippen molar-refractivity contribution >= 4 is 5.91 Å². The van der Waals surface area contributed by atoms with Crippen molar-refractivity contribution in [3.63, 3.8) is 0 Å². The molecule has 3 nitrogen and oxygen atoms in total. The molecule has 1 aromatic rings. The number of carbonyl (C=O) groups excluding carboxylic acids is 1. The molecule has 1 amide bonds. The molecule has 0 atom stereocenters. The minimum atomic E-state index is -0.430. The molecular weight excluding hydrogens is 166 g/mol. The first-order valence-corrected chi connectivity index (χ1v) is 4.18. The average molecular weight is 179 g/mol. The van der Waals surface area contributed by atoms with Gasteiger partial charge in [-0.05, 0) is 31.5 Å². The Morgan fingerprint density at radius 2 is 2.23 bits per heavy atom. The van der Waals surface area contributed by atoms with Crippen LogP contribution in [0.2, 0.25) is 0 Å². The van der Waals surface area contributed by atoms with Gasteiger partial charge in [0.05, 0.1) is 6.61 Å². The number of carbonyl (C=O) groups is 1.